The van der Waals surface area contributed by atoms with Crippen LogP contribution < -0.4 is 22.1 Å². The fourth-order valence-corrected chi connectivity index (χ4v) is 4.27. The number of nitrogens with one attached hydrogen (secondary N) is 2. The second-order valence-electron chi connectivity index (χ2n) is 12.7. The SMILES string of the molecule is CC(C)(C)OC(=O)NCCCN(CCCCCN)CCCCN(CCCCCN)CCCNC(=O)OC(C)(C)C. The van der Waals surface area contributed by atoms with Gasteiger partial charge in [-0.3, -0.25) is 0 Å². The van der Waals surface area contributed by atoms with Gasteiger partial charge < -0.3 is 41.4 Å². The number of carbonyl (C=O) groups is 2. The van der Waals surface area contributed by atoms with Crippen molar-refractivity contribution in [3.8, 4) is 0 Å². The summed E-state index contributed by atoms with van der Waals surface area (Å²) in [7, 11) is 0. The van der Waals surface area contributed by atoms with E-state index in [2.05, 4.69) is 20.4 Å². The first-order chi connectivity index (χ1) is 18.9. The molecule has 10 nitrogen and oxygen atoms in total. The summed E-state index contributed by atoms with van der Waals surface area (Å²) >= 11 is 0. The smallest absolute Gasteiger partial charge is 0.407 e. The molecule has 0 aliphatic carbocycles. The van der Waals surface area contributed by atoms with Gasteiger partial charge in [-0.15, -0.1) is 0 Å². The number of hydrogen-bond acceptors (Lipinski definition) is 8. The fraction of sp³-hybridized carbons (Fsp3) is 0.933. The Hall–Kier alpha value is -1.62. The van der Waals surface area contributed by atoms with Gasteiger partial charge in [-0.1, -0.05) is 12.8 Å². The summed E-state index contributed by atoms with van der Waals surface area (Å²) in [6, 6.07) is 0. The summed E-state index contributed by atoms with van der Waals surface area (Å²) in [5, 5.41) is 5.74. The van der Waals surface area contributed by atoms with Crippen molar-refractivity contribution in [3.63, 3.8) is 0 Å². The molecule has 0 aliphatic rings. The van der Waals surface area contributed by atoms with Crippen LogP contribution in [0.4, 0.5) is 9.59 Å². The lowest BCUT2D eigenvalue weighted by atomic mass is 10.2. The average Bonchev–Trinajstić information content (AvgIpc) is 2.84. The third kappa shape index (κ3) is 26.6. The molecule has 40 heavy (non-hydrogen) atoms. The summed E-state index contributed by atoms with van der Waals surface area (Å²) in [5.41, 5.74) is 10.4. The first-order valence-corrected chi connectivity index (χ1v) is 15.6. The second kappa shape index (κ2) is 23.0. The maximum Gasteiger partial charge on any atom is 0.407 e. The van der Waals surface area contributed by atoms with Crippen molar-refractivity contribution < 1.29 is 19.1 Å². The van der Waals surface area contributed by atoms with Gasteiger partial charge in [0.15, 0.2) is 0 Å². The maximum atomic E-state index is 11.9. The molecule has 238 valence electrons. The van der Waals surface area contributed by atoms with Crippen LogP contribution in [-0.4, -0.2) is 98.6 Å². The summed E-state index contributed by atoms with van der Waals surface area (Å²) in [5.74, 6) is 0. The molecule has 0 bridgehead atoms. The van der Waals surface area contributed by atoms with Crippen LogP contribution in [0.2, 0.25) is 0 Å². The van der Waals surface area contributed by atoms with E-state index in [1.54, 1.807) is 0 Å². The predicted octanol–water partition coefficient (Wildman–Crippen LogP) is 4.46. The van der Waals surface area contributed by atoms with E-state index < -0.39 is 11.2 Å². The van der Waals surface area contributed by atoms with Gasteiger partial charge in [0.05, 0.1) is 0 Å². The minimum Gasteiger partial charge on any atom is -0.444 e. The number of nitrogens with zero attached hydrogens (tertiary/aromatic N) is 2. The molecule has 0 aromatic rings. The van der Waals surface area contributed by atoms with Gasteiger partial charge >= 0.3 is 12.2 Å². The lowest BCUT2D eigenvalue weighted by Crippen LogP contribution is -2.35. The Morgan fingerprint density at radius 1 is 0.525 bits per heavy atom. The van der Waals surface area contributed by atoms with Crippen molar-refractivity contribution in [2.24, 2.45) is 11.5 Å². The van der Waals surface area contributed by atoms with Crippen molar-refractivity contribution >= 4 is 12.2 Å². The zero-order valence-electron chi connectivity index (χ0n) is 26.8. The van der Waals surface area contributed by atoms with Gasteiger partial charge in [0, 0.05) is 13.1 Å². The van der Waals surface area contributed by atoms with Crippen LogP contribution in [0.15, 0.2) is 0 Å². The highest BCUT2D eigenvalue weighted by Crippen LogP contribution is 2.08. The van der Waals surface area contributed by atoms with E-state index in [9.17, 15) is 9.59 Å². The van der Waals surface area contributed by atoms with Crippen molar-refractivity contribution in [3.05, 3.63) is 0 Å². The molecule has 0 aromatic carbocycles. The van der Waals surface area contributed by atoms with Crippen LogP contribution in [0.5, 0.6) is 0 Å². The molecule has 0 aliphatic heterocycles. The van der Waals surface area contributed by atoms with Crippen LogP contribution in [0.3, 0.4) is 0 Å². The summed E-state index contributed by atoms with van der Waals surface area (Å²) in [6.45, 7) is 20.1. The van der Waals surface area contributed by atoms with Crippen molar-refractivity contribution in [1.82, 2.24) is 20.4 Å². The number of hydrogen-bond donors (Lipinski definition) is 4. The molecule has 0 radical (unpaired) electrons. The van der Waals surface area contributed by atoms with E-state index in [0.717, 1.165) is 117 Å². The minimum atomic E-state index is -0.480. The number of rotatable bonds is 23. The Balaban J connectivity index is 4.55. The molecular formula is C30H64N6O4. The van der Waals surface area contributed by atoms with Crippen LogP contribution >= 0.6 is 0 Å². The number of nitrogens with two attached hydrogens (primary N) is 2. The number of carbonyl (C=O) groups excluding carboxylic acids is 2. The van der Waals surface area contributed by atoms with E-state index in [1.165, 1.54) is 0 Å². The molecule has 0 saturated heterocycles. The van der Waals surface area contributed by atoms with E-state index in [0.29, 0.717) is 13.1 Å². The van der Waals surface area contributed by atoms with Crippen LogP contribution in [0, 0.1) is 0 Å². The van der Waals surface area contributed by atoms with Crippen molar-refractivity contribution in [2.45, 2.75) is 117 Å². The van der Waals surface area contributed by atoms with E-state index in [-0.39, 0.29) is 12.2 Å². The Morgan fingerprint density at radius 2 is 0.825 bits per heavy atom. The largest absolute Gasteiger partial charge is 0.444 e. The molecule has 2 amide bonds. The van der Waals surface area contributed by atoms with Crippen LogP contribution in [0.1, 0.15) is 106 Å². The number of unbranched alkanes of at least 4 members (excludes halogenated alkanes) is 5. The van der Waals surface area contributed by atoms with Gasteiger partial charge in [0.1, 0.15) is 11.2 Å². The third-order valence-electron chi connectivity index (χ3n) is 6.19. The monoisotopic (exact) mass is 572 g/mol. The maximum absolute atomic E-state index is 11.9. The summed E-state index contributed by atoms with van der Waals surface area (Å²) in [4.78, 5) is 28.9. The van der Waals surface area contributed by atoms with Gasteiger partial charge in [-0.2, -0.15) is 0 Å². The normalized spacial score (nSPS) is 12.2. The third-order valence-corrected chi connectivity index (χ3v) is 6.19. The highest BCUT2D eigenvalue weighted by Gasteiger charge is 2.17. The number of amides is 2. The molecule has 6 N–H and O–H groups in total. The van der Waals surface area contributed by atoms with Gasteiger partial charge in [0.25, 0.3) is 0 Å². The standard InChI is InChI=1S/C30H64N6O4/c1-29(2,3)39-27(37)33-19-15-25-35(21-11-7-9-17-31)23-13-14-24-36(22-12-8-10-18-32)26-16-20-34-28(38)40-30(4,5)6/h7-26,31-32H2,1-6H3,(H,33,37)(H,34,38). The Bertz CT molecular complexity index is 583. The summed E-state index contributed by atoms with van der Waals surface area (Å²) < 4.78 is 10.7. The molecule has 10 heteroatoms. The second-order valence-corrected chi connectivity index (χ2v) is 12.7. The van der Waals surface area contributed by atoms with Crippen LogP contribution in [0.25, 0.3) is 0 Å². The van der Waals surface area contributed by atoms with Gasteiger partial charge in [0.2, 0.25) is 0 Å². The molecule has 0 spiro atoms. The Labute approximate surface area is 245 Å². The van der Waals surface area contributed by atoms with Gasteiger partial charge in [-0.05, 0) is 145 Å². The molecule has 0 saturated carbocycles. The molecule has 0 atom stereocenters. The first kappa shape index (κ1) is 38.4. The number of alkyl carbamates (subject to hydrolysis) is 2. The highest BCUT2D eigenvalue weighted by atomic mass is 16.6. The molecule has 0 fully saturated rings. The van der Waals surface area contributed by atoms with E-state index >= 15 is 0 Å². The quantitative estimate of drug-likeness (QED) is 0.132. The highest BCUT2D eigenvalue weighted by molar-refractivity contribution is 5.67. The average molecular weight is 573 g/mol. The van der Waals surface area contributed by atoms with Gasteiger partial charge in [-0.25, -0.2) is 9.59 Å². The predicted molar refractivity (Wildman–Crippen MR) is 166 cm³/mol. The topological polar surface area (TPSA) is 135 Å². The molecule has 0 unspecified atom stereocenters. The lowest BCUT2D eigenvalue weighted by molar-refractivity contribution is 0.0513. The minimum absolute atomic E-state index is 0.352. The Morgan fingerprint density at radius 3 is 1.12 bits per heavy atom. The molecule has 0 aromatic heterocycles. The zero-order valence-corrected chi connectivity index (χ0v) is 26.8. The van der Waals surface area contributed by atoms with E-state index in [1.807, 2.05) is 41.5 Å². The zero-order chi connectivity index (χ0) is 30.3. The Kier molecular flexibility index (Phi) is 22.1. The molecule has 0 rings (SSSR count). The fourth-order valence-electron chi connectivity index (χ4n) is 4.27. The van der Waals surface area contributed by atoms with Crippen molar-refractivity contribution in [1.29, 1.82) is 0 Å². The van der Waals surface area contributed by atoms with Crippen LogP contribution in [-0.2, 0) is 9.47 Å². The summed E-state index contributed by atoms with van der Waals surface area (Å²) in [6.07, 6.45) is 10.1. The molecular weight excluding hydrogens is 508 g/mol. The molecule has 0 heterocycles. The number of ether oxygens (including phenoxy) is 2. The lowest BCUT2D eigenvalue weighted by Gasteiger charge is -2.25. The van der Waals surface area contributed by atoms with E-state index in [4.69, 9.17) is 20.9 Å². The first-order valence-electron chi connectivity index (χ1n) is 15.6. The van der Waals surface area contributed by atoms with Crippen molar-refractivity contribution in [2.75, 3.05) is 65.4 Å².